The Bertz CT molecular complexity index is 695. The Hall–Kier alpha value is -1.95. The molecular formula is C17H15F4NO. The maximum atomic E-state index is 13.7. The van der Waals surface area contributed by atoms with Gasteiger partial charge in [0.15, 0.2) is 0 Å². The summed E-state index contributed by atoms with van der Waals surface area (Å²) in [5.41, 5.74) is -1.40. The molecule has 1 heterocycles. The van der Waals surface area contributed by atoms with Crippen LogP contribution in [0.5, 0.6) is 0 Å². The van der Waals surface area contributed by atoms with E-state index in [0.717, 1.165) is 18.6 Å². The monoisotopic (exact) mass is 325 g/mol. The summed E-state index contributed by atoms with van der Waals surface area (Å²) < 4.78 is 52.5. The fourth-order valence-electron chi connectivity index (χ4n) is 3.14. The van der Waals surface area contributed by atoms with Gasteiger partial charge in [0.25, 0.3) is 0 Å². The standard InChI is InChI=1S/C17H15F4NO/c18-13-9-11(8-12(10-13)17(19,20)21)16(5-3-6-16)15(23)14-4-1-2-7-22-14/h1-2,4,7-10,15,23H,3,5-6H2. The molecule has 1 aromatic heterocycles. The number of hydrogen-bond acceptors (Lipinski definition) is 2. The first-order valence-corrected chi connectivity index (χ1v) is 7.30. The van der Waals surface area contributed by atoms with Crippen LogP contribution >= 0.6 is 0 Å². The highest BCUT2D eigenvalue weighted by Crippen LogP contribution is 2.52. The average Bonchev–Trinajstić information content (AvgIpc) is 2.45. The lowest BCUT2D eigenvalue weighted by molar-refractivity contribution is -0.138. The second-order valence-electron chi connectivity index (χ2n) is 5.89. The van der Waals surface area contributed by atoms with Gasteiger partial charge in [-0.3, -0.25) is 4.98 Å². The molecule has 122 valence electrons. The summed E-state index contributed by atoms with van der Waals surface area (Å²) in [5, 5.41) is 10.7. The van der Waals surface area contributed by atoms with Crippen molar-refractivity contribution in [3.63, 3.8) is 0 Å². The van der Waals surface area contributed by atoms with E-state index in [1.165, 1.54) is 6.20 Å². The van der Waals surface area contributed by atoms with E-state index in [2.05, 4.69) is 4.98 Å². The van der Waals surface area contributed by atoms with Crippen LogP contribution in [0.2, 0.25) is 0 Å². The molecule has 2 nitrogen and oxygen atoms in total. The maximum Gasteiger partial charge on any atom is 0.416 e. The van der Waals surface area contributed by atoms with Gasteiger partial charge >= 0.3 is 6.18 Å². The molecular weight excluding hydrogens is 310 g/mol. The number of hydrogen-bond donors (Lipinski definition) is 1. The predicted octanol–water partition coefficient (Wildman–Crippen LogP) is 4.39. The van der Waals surface area contributed by atoms with E-state index in [-0.39, 0.29) is 5.56 Å². The van der Waals surface area contributed by atoms with Crippen molar-refractivity contribution in [1.82, 2.24) is 4.98 Å². The van der Waals surface area contributed by atoms with Crippen molar-refractivity contribution in [2.45, 2.75) is 37.0 Å². The van der Waals surface area contributed by atoms with E-state index < -0.39 is 29.1 Å². The van der Waals surface area contributed by atoms with Gasteiger partial charge in [-0.1, -0.05) is 12.5 Å². The number of rotatable bonds is 3. The van der Waals surface area contributed by atoms with Gasteiger partial charge in [-0.2, -0.15) is 13.2 Å². The number of nitrogens with zero attached hydrogens (tertiary/aromatic N) is 1. The van der Waals surface area contributed by atoms with Crippen LogP contribution in [0.15, 0.2) is 42.6 Å². The first-order chi connectivity index (χ1) is 10.8. The molecule has 0 amide bonds. The van der Waals surface area contributed by atoms with Crippen molar-refractivity contribution in [2.24, 2.45) is 0 Å². The van der Waals surface area contributed by atoms with E-state index in [1.54, 1.807) is 18.2 Å². The van der Waals surface area contributed by atoms with Gasteiger partial charge in [0.1, 0.15) is 11.9 Å². The zero-order valence-electron chi connectivity index (χ0n) is 12.1. The molecule has 6 heteroatoms. The predicted molar refractivity (Wildman–Crippen MR) is 76.1 cm³/mol. The molecule has 1 saturated carbocycles. The van der Waals surface area contributed by atoms with Gasteiger partial charge in [-0.25, -0.2) is 4.39 Å². The topological polar surface area (TPSA) is 33.1 Å². The number of aliphatic hydroxyl groups is 1. The lowest BCUT2D eigenvalue weighted by Gasteiger charge is -2.46. The number of benzene rings is 1. The molecule has 1 aromatic carbocycles. The van der Waals surface area contributed by atoms with E-state index in [9.17, 15) is 22.7 Å². The molecule has 0 spiro atoms. The van der Waals surface area contributed by atoms with Crippen molar-refractivity contribution in [3.8, 4) is 0 Å². The lowest BCUT2D eigenvalue weighted by Crippen LogP contribution is -2.41. The Morgan fingerprint density at radius 2 is 1.87 bits per heavy atom. The Morgan fingerprint density at radius 3 is 2.39 bits per heavy atom. The van der Waals surface area contributed by atoms with Gasteiger partial charge in [0.05, 0.1) is 11.3 Å². The molecule has 3 rings (SSSR count). The third kappa shape index (κ3) is 2.83. The third-order valence-electron chi connectivity index (χ3n) is 4.54. The fourth-order valence-corrected chi connectivity index (χ4v) is 3.14. The molecule has 23 heavy (non-hydrogen) atoms. The summed E-state index contributed by atoms with van der Waals surface area (Å²) in [6, 6.07) is 7.50. The Morgan fingerprint density at radius 1 is 1.13 bits per heavy atom. The summed E-state index contributed by atoms with van der Waals surface area (Å²) in [4.78, 5) is 4.08. The van der Waals surface area contributed by atoms with Crippen molar-refractivity contribution in [2.75, 3.05) is 0 Å². The highest BCUT2D eigenvalue weighted by atomic mass is 19.4. The average molecular weight is 325 g/mol. The Kier molecular flexibility index (Phi) is 3.88. The number of aliphatic hydroxyl groups excluding tert-OH is 1. The van der Waals surface area contributed by atoms with E-state index in [4.69, 9.17) is 0 Å². The van der Waals surface area contributed by atoms with Crippen LogP contribution in [0, 0.1) is 5.82 Å². The Balaban J connectivity index is 2.06. The Labute approximate surface area is 130 Å². The van der Waals surface area contributed by atoms with Gasteiger partial charge < -0.3 is 5.11 Å². The summed E-state index contributed by atoms with van der Waals surface area (Å²) in [7, 11) is 0. The molecule has 2 aromatic rings. The van der Waals surface area contributed by atoms with E-state index in [1.807, 2.05) is 0 Å². The zero-order valence-corrected chi connectivity index (χ0v) is 12.1. The minimum absolute atomic E-state index is 0.175. The number of aromatic nitrogens is 1. The first-order valence-electron chi connectivity index (χ1n) is 7.30. The van der Waals surface area contributed by atoms with Gasteiger partial charge in [-0.05, 0) is 48.7 Å². The zero-order chi connectivity index (χ0) is 16.7. The quantitative estimate of drug-likeness (QED) is 0.849. The first kappa shape index (κ1) is 15.9. The summed E-state index contributed by atoms with van der Waals surface area (Å²) >= 11 is 0. The second kappa shape index (κ2) is 5.60. The number of alkyl halides is 3. The molecule has 1 atom stereocenters. The van der Waals surface area contributed by atoms with Crippen LogP contribution < -0.4 is 0 Å². The van der Waals surface area contributed by atoms with Crippen LogP contribution in [0.4, 0.5) is 17.6 Å². The second-order valence-corrected chi connectivity index (χ2v) is 5.89. The van der Waals surface area contributed by atoms with Gasteiger partial charge in [0.2, 0.25) is 0 Å². The molecule has 0 saturated heterocycles. The van der Waals surface area contributed by atoms with Crippen molar-refractivity contribution < 1.29 is 22.7 Å². The fraction of sp³-hybridized carbons (Fsp3) is 0.353. The van der Waals surface area contributed by atoms with Crippen molar-refractivity contribution >= 4 is 0 Å². The van der Waals surface area contributed by atoms with Crippen molar-refractivity contribution in [3.05, 3.63) is 65.2 Å². The maximum absolute atomic E-state index is 13.7. The van der Waals surface area contributed by atoms with Gasteiger partial charge in [-0.15, -0.1) is 0 Å². The number of halogens is 4. The molecule has 0 aliphatic heterocycles. The molecule has 0 radical (unpaired) electrons. The minimum Gasteiger partial charge on any atom is -0.386 e. The molecule has 1 unspecified atom stereocenters. The smallest absolute Gasteiger partial charge is 0.386 e. The van der Waals surface area contributed by atoms with Crippen molar-refractivity contribution in [1.29, 1.82) is 0 Å². The molecule has 1 aliphatic carbocycles. The van der Waals surface area contributed by atoms with Crippen LogP contribution in [0.25, 0.3) is 0 Å². The van der Waals surface area contributed by atoms with E-state index >= 15 is 0 Å². The largest absolute Gasteiger partial charge is 0.416 e. The molecule has 0 bridgehead atoms. The normalized spacial score (nSPS) is 18.3. The lowest BCUT2D eigenvalue weighted by atomic mass is 9.60. The van der Waals surface area contributed by atoms with Crippen LogP contribution in [-0.2, 0) is 11.6 Å². The van der Waals surface area contributed by atoms with E-state index in [0.29, 0.717) is 24.6 Å². The SMILES string of the molecule is OC(c1ccccn1)C1(c2cc(F)cc(C(F)(F)F)c2)CCC1. The summed E-state index contributed by atoms with van der Waals surface area (Å²) in [5.74, 6) is -0.950. The summed E-state index contributed by atoms with van der Waals surface area (Å²) in [6.07, 6.45) is -2.44. The summed E-state index contributed by atoms with van der Waals surface area (Å²) in [6.45, 7) is 0. The molecule has 1 fully saturated rings. The number of pyridine rings is 1. The third-order valence-corrected chi connectivity index (χ3v) is 4.54. The van der Waals surface area contributed by atoms with Gasteiger partial charge in [0, 0.05) is 11.6 Å². The van der Waals surface area contributed by atoms with Crippen LogP contribution in [0.3, 0.4) is 0 Å². The van der Waals surface area contributed by atoms with Crippen LogP contribution in [-0.4, -0.2) is 10.1 Å². The highest BCUT2D eigenvalue weighted by molar-refractivity contribution is 5.37. The molecule has 1 aliphatic rings. The molecule has 1 N–H and O–H groups in total. The van der Waals surface area contributed by atoms with Crippen LogP contribution in [0.1, 0.15) is 42.2 Å². The minimum atomic E-state index is -4.63. The highest BCUT2D eigenvalue weighted by Gasteiger charge is 2.47.